The number of likely N-dealkylation sites (N-methyl/N-ethyl adjacent to an activating group) is 1. The summed E-state index contributed by atoms with van der Waals surface area (Å²) >= 11 is 0. The Kier molecular flexibility index (Phi) is 4.96. The fraction of sp³-hybridized carbons (Fsp3) is 0.391. The molecule has 5 heterocycles. The summed E-state index contributed by atoms with van der Waals surface area (Å²) in [6, 6.07) is 5.97. The van der Waals surface area contributed by atoms with E-state index in [1.807, 2.05) is 35.6 Å². The van der Waals surface area contributed by atoms with Crippen LogP contribution in [0.25, 0.3) is 27.8 Å². The molecule has 1 aromatic carbocycles. The van der Waals surface area contributed by atoms with Crippen molar-refractivity contribution in [3.05, 3.63) is 42.5 Å². The Bertz CT molecular complexity index is 1310. The lowest BCUT2D eigenvalue weighted by Crippen LogP contribution is -2.46. The predicted octanol–water partition coefficient (Wildman–Crippen LogP) is 1.55. The third-order valence-electron chi connectivity index (χ3n) is 6.68. The minimum atomic E-state index is -0.157. The number of carbonyl (C=O) groups excluding carboxylic acids is 1. The highest BCUT2D eigenvalue weighted by atomic mass is 16.5. The number of anilines is 1. The maximum atomic E-state index is 12.0. The van der Waals surface area contributed by atoms with Gasteiger partial charge < -0.3 is 19.4 Å². The summed E-state index contributed by atoms with van der Waals surface area (Å²) in [5.41, 5.74) is 4.64. The summed E-state index contributed by atoms with van der Waals surface area (Å²) in [7, 11) is 2.09. The Morgan fingerprint density at radius 2 is 2.06 bits per heavy atom. The Labute approximate surface area is 190 Å². The van der Waals surface area contributed by atoms with Crippen molar-refractivity contribution >= 4 is 28.8 Å². The first kappa shape index (κ1) is 20.1. The predicted molar refractivity (Wildman–Crippen MR) is 124 cm³/mol. The van der Waals surface area contributed by atoms with Crippen molar-refractivity contribution in [1.82, 2.24) is 34.4 Å². The van der Waals surface area contributed by atoms with Gasteiger partial charge in [-0.2, -0.15) is 5.10 Å². The van der Waals surface area contributed by atoms with Gasteiger partial charge in [0.05, 0.1) is 42.4 Å². The Hall–Kier alpha value is -3.50. The van der Waals surface area contributed by atoms with Crippen LogP contribution in [0.5, 0.6) is 0 Å². The molecule has 2 fully saturated rings. The van der Waals surface area contributed by atoms with Gasteiger partial charge in [0.25, 0.3) is 0 Å². The second-order valence-electron chi connectivity index (χ2n) is 8.65. The molecule has 1 N–H and O–H groups in total. The van der Waals surface area contributed by atoms with E-state index in [2.05, 4.69) is 37.5 Å². The summed E-state index contributed by atoms with van der Waals surface area (Å²) in [5.74, 6) is 0.842. The molecular weight excluding hydrogens is 420 g/mol. The number of aromatic nitrogens is 5. The van der Waals surface area contributed by atoms with Gasteiger partial charge in [-0.1, -0.05) is 12.1 Å². The highest BCUT2D eigenvalue weighted by molar-refractivity contribution is 5.95. The van der Waals surface area contributed by atoms with Crippen LogP contribution in [-0.4, -0.2) is 93.8 Å². The molecule has 0 saturated carbocycles. The molecule has 6 rings (SSSR count). The molecule has 2 aliphatic rings. The fourth-order valence-corrected chi connectivity index (χ4v) is 4.96. The molecule has 10 heteroatoms. The number of ether oxygens (including phenoxy) is 1. The molecule has 0 radical (unpaired) electrons. The van der Waals surface area contributed by atoms with E-state index in [1.165, 1.54) is 0 Å². The van der Waals surface area contributed by atoms with Crippen LogP contribution in [0.1, 0.15) is 11.7 Å². The van der Waals surface area contributed by atoms with E-state index in [9.17, 15) is 4.79 Å². The molecule has 0 bridgehead atoms. The van der Waals surface area contributed by atoms with Gasteiger partial charge in [-0.25, -0.2) is 9.97 Å². The van der Waals surface area contributed by atoms with E-state index < -0.39 is 0 Å². The minimum absolute atomic E-state index is 0.157. The third kappa shape index (κ3) is 3.33. The largest absolute Gasteiger partial charge is 0.378 e. The lowest BCUT2D eigenvalue weighted by atomic mass is 10.0. The van der Waals surface area contributed by atoms with Crippen LogP contribution < -0.4 is 4.90 Å². The first-order valence-electron chi connectivity index (χ1n) is 11.3. The summed E-state index contributed by atoms with van der Waals surface area (Å²) in [5, 5.41) is 8.35. The lowest BCUT2D eigenvalue weighted by Gasteiger charge is -2.37. The zero-order chi connectivity index (χ0) is 22.4. The number of fused-ring (bicyclic) bond motifs is 2. The molecule has 0 aliphatic carbocycles. The van der Waals surface area contributed by atoms with Crippen molar-refractivity contribution in [2.75, 3.05) is 57.9 Å². The number of amides is 1. The number of benzene rings is 1. The van der Waals surface area contributed by atoms with Crippen molar-refractivity contribution in [1.29, 1.82) is 0 Å². The monoisotopic (exact) mass is 446 g/mol. The molecule has 1 atom stereocenters. The number of nitrogens with one attached hydrogen (secondary N) is 1. The number of nitrogens with zero attached hydrogens (tertiary/aromatic N) is 7. The van der Waals surface area contributed by atoms with E-state index in [4.69, 9.17) is 14.7 Å². The van der Waals surface area contributed by atoms with Gasteiger partial charge in [-0.05, 0) is 13.1 Å². The summed E-state index contributed by atoms with van der Waals surface area (Å²) in [4.78, 5) is 28.2. The highest BCUT2D eigenvalue weighted by Gasteiger charge is 2.33. The maximum Gasteiger partial charge on any atom is 0.210 e. The average Bonchev–Trinajstić information content (AvgIpc) is 3.49. The lowest BCUT2D eigenvalue weighted by molar-refractivity contribution is -0.122. The van der Waals surface area contributed by atoms with Crippen LogP contribution in [0.15, 0.2) is 36.8 Å². The quantitative estimate of drug-likeness (QED) is 0.475. The average molecular weight is 447 g/mol. The molecule has 1 amide bonds. The van der Waals surface area contributed by atoms with E-state index in [0.29, 0.717) is 19.8 Å². The van der Waals surface area contributed by atoms with Crippen LogP contribution in [0.3, 0.4) is 0 Å². The van der Waals surface area contributed by atoms with Gasteiger partial charge in [-0.3, -0.25) is 14.3 Å². The topological polar surface area (TPSA) is 94.9 Å². The van der Waals surface area contributed by atoms with Crippen LogP contribution in [-0.2, 0) is 9.53 Å². The van der Waals surface area contributed by atoms with Crippen molar-refractivity contribution in [2.24, 2.45) is 0 Å². The van der Waals surface area contributed by atoms with E-state index >= 15 is 0 Å². The molecule has 1 unspecified atom stereocenters. The molecule has 170 valence electrons. The molecule has 2 aliphatic heterocycles. The second-order valence-corrected chi connectivity index (χ2v) is 8.65. The number of H-pyrrole nitrogens is 1. The Morgan fingerprint density at radius 1 is 1.18 bits per heavy atom. The fourth-order valence-electron chi connectivity index (χ4n) is 4.96. The Balaban J connectivity index is 1.62. The number of rotatable bonds is 4. The first-order chi connectivity index (χ1) is 16.2. The maximum absolute atomic E-state index is 12.0. The number of piperazine rings is 1. The number of morpholine rings is 1. The molecule has 4 aromatic rings. The molecule has 2 saturated heterocycles. The van der Waals surface area contributed by atoms with Crippen molar-refractivity contribution in [2.45, 2.75) is 6.04 Å². The normalized spacial score (nSPS) is 20.1. The minimum Gasteiger partial charge on any atom is -0.378 e. The van der Waals surface area contributed by atoms with Crippen molar-refractivity contribution in [3.8, 4) is 11.3 Å². The first-order valence-corrected chi connectivity index (χ1v) is 11.3. The number of hydrogen-bond acceptors (Lipinski definition) is 7. The van der Waals surface area contributed by atoms with Crippen LogP contribution >= 0.6 is 0 Å². The SMILES string of the molecule is CN1CCN(C=O)C(c2nc3c(N4CCOCC4)nccn3c2-c2cccc3[nH]ncc23)C1. The zero-order valence-corrected chi connectivity index (χ0v) is 18.5. The van der Waals surface area contributed by atoms with Gasteiger partial charge in [0, 0.05) is 56.1 Å². The van der Waals surface area contributed by atoms with Gasteiger partial charge in [0.1, 0.15) is 0 Å². The second kappa shape index (κ2) is 8.13. The number of aromatic amines is 1. The number of imidazole rings is 1. The summed E-state index contributed by atoms with van der Waals surface area (Å²) in [6.45, 7) is 5.12. The van der Waals surface area contributed by atoms with Gasteiger partial charge in [-0.15, -0.1) is 0 Å². The summed E-state index contributed by atoms with van der Waals surface area (Å²) in [6.07, 6.45) is 6.59. The molecule has 33 heavy (non-hydrogen) atoms. The Morgan fingerprint density at radius 3 is 2.91 bits per heavy atom. The van der Waals surface area contributed by atoms with E-state index in [-0.39, 0.29) is 6.04 Å². The van der Waals surface area contributed by atoms with Gasteiger partial charge in [0.2, 0.25) is 6.41 Å². The standard InChI is InChI=1S/C23H26N8O2/c1-28-7-8-30(15-32)19(14-28)20-21(16-3-2-4-18-17(16)13-25-27-18)31-6-5-24-22(23(31)26-20)29-9-11-33-12-10-29/h2-6,13,15,19H,7-12,14H2,1H3,(H,25,27). The third-order valence-corrected chi connectivity index (χ3v) is 6.68. The van der Waals surface area contributed by atoms with Crippen molar-refractivity contribution in [3.63, 3.8) is 0 Å². The van der Waals surface area contributed by atoms with Crippen LogP contribution in [0.2, 0.25) is 0 Å². The molecule has 10 nitrogen and oxygen atoms in total. The summed E-state index contributed by atoms with van der Waals surface area (Å²) < 4.78 is 7.67. The smallest absolute Gasteiger partial charge is 0.210 e. The van der Waals surface area contributed by atoms with E-state index in [0.717, 1.165) is 71.9 Å². The molecular formula is C23H26N8O2. The molecule has 0 spiro atoms. The van der Waals surface area contributed by atoms with Crippen LogP contribution in [0, 0.1) is 0 Å². The molecule has 3 aromatic heterocycles. The van der Waals surface area contributed by atoms with E-state index in [1.54, 1.807) is 0 Å². The van der Waals surface area contributed by atoms with Gasteiger partial charge >= 0.3 is 0 Å². The zero-order valence-electron chi connectivity index (χ0n) is 18.5. The number of carbonyl (C=O) groups is 1. The van der Waals surface area contributed by atoms with Crippen molar-refractivity contribution < 1.29 is 9.53 Å². The highest BCUT2D eigenvalue weighted by Crippen LogP contribution is 2.38. The van der Waals surface area contributed by atoms with Gasteiger partial charge in [0.15, 0.2) is 11.5 Å². The number of hydrogen-bond donors (Lipinski definition) is 1. The van der Waals surface area contributed by atoms with Crippen LogP contribution in [0.4, 0.5) is 5.82 Å².